The predicted octanol–water partition coefficient (Wildman–Crippen LogP) is 3.25. The molecule has 2 nitrogen and oxygen atoms in total. The van der Waals surface area contributed by atoms with Crippen LogP contribution in [0, 0.1) is 11.8 Å². The maximum atomic E-state index is 9.15. The number of hydrogen-bond donors (Lipinski definition) is 2. The van der Waals surface area contributed by atoms with Gasteiger partial charge in [-0.25, -0.2) is 0 Å². The normalized spacial score (nSPS) is 10.1. The van der Waals surface area contributed by atoms with Crippen molar-refractivity contribution in [2.24, 2.45) is 0 Å². The van der Waals surface area contributed by atoms with E-state index in [1.54, 1.807) is 42.5 Å². The molecule has 0 bridgehead atoms. The molecule has 0 aliphatic carbocycles. The molecule has 0 aromatic heterocycles. The molecule has 0 unspecified atom stereocenters. The van der Waals surface area contributed by atoms with E-state index in [1.807, 2.05) is 18.2 Å². The number of allylic oxidation sites excluding steroid dienone is 2. The summed E-state index contributed by atoms with van der Waals surface area (Å²) in [7, 11) is 0. The number of rotatable bonds is 2. The molecule has 0 spiro atoms. The maximum absolute atomic E-state index is 9.15. The first-order valence-electron chi connectivity index (χ1n) is 5.97. The molecule has 0 aliphatic heterocycles. The maximum Gasteiger partial charge on any atom is 0.115 e. The summed E-state index contributed by atoms with van der Waals surface area (Å²) in [5.41, 5.74) is 1.99. The number of benzene rings is 2. The molecule has 0 aliphatic rings. The summed E-state index contributed by atoms with van der Waals surface area (Å²) in [6, 6.07) is 13.9. The minimum atomic E-state index is 0.244. The zero-order chi connectivity index (χ0) is 13.5. The van der Waals surface area contributed by atoms with Crippen molar-refractivity contribution in [1.29, 1.82) is 0 Å². The molecule has 2 rings (SSSR count). The zero-order valence-electron chi connectivity index (χ0n) is 10.4. The molecular weight excluding hydrogens is 236 g/mol. The van der Waals surface area contributed by atoms with Crippen LogP contribution in [0.4, 0.5) is 0 Å². The van der Waals surface area contributed by atoms with Gasteiger partial charge in [0.2, 0.25) is 0 Å². The number of hydrogen-bond acceptors (Lipinski definition) is 2. The third kappa shape index (κ3) is 4.25. The minimum Gasteiger partial charge on any atom is -0.508 e. The Bertz CT molecular complexity index is 611. The molecule has 19 heavy (non-hydrogen) atoms. The first-order chi connectivity index (χ1) is 9.24. The van der Waals surface area contributed by atoms with Gasteiger partial charge in [-0.05, 0) is 54.5 Å². The molecule has 0 radical (unpaired) electrons. The van der Waals surface area contributed by atoms with Crippen molar-refractivity contribution in [2.75, 3.05) is 0 Å². The third-order valence-corrected chi connectivity index (χ3v) is 2.57. The van der Waals surface area contributed by atoms with Crippen LogP contribution >= 0.6 is 0 Å². The Labute approximate surface area is 112 Å². The van der Waals surface area contributed by atoms with Crippen LogP contribution < -0.4 is 0 Å². The van der Waals surface area contributed by atoms with Gasteiger partial charge in [0.15, 0.2) is 0 Å². The van der Waals surface area contributed by atoms with Crippen molar-refractivity contribution in [2.45, 2.75) is 6.42 Å². The van der Waals surface area contributed by atoms with Crippen LogP contribution in [0.1, 0.15) is 11.1 Å². The molecule has 94 valence electrons. The topological polar surface area (TPSA) is 40.5 Å². The minimum absolute atomic E-state index is 0.244. The predicted molar refractivity (Wildman–Crippen MR) is 75.9 cm³/mol. The van der Waals surface area contributed by atoms with E-state index in [0.717, 1.165) is 17.5 Å². The molecule has 0 atom stereocenters. The average molecular weight is 250 g/mol. The summed E-state index contributed by atoms with van der Waals surface area (Å²) in [6.07, 6.45) is 4.56. The molecule has 2 N–H and O–H groups in total. The Morgan fingerprint density at radius 2 is 1.42 bits per heavy atom. The van der Waals surface area contributed by atoms with E-state index in [0.29, 0.717) is 0 Å². The second kappa shape index (κ2) is 6.32. The van der Waals surface area contributed by atoms with Crippen LogP contribution in [-0.4, -0.2) is 10.2 Å². The third-order valence-electron chi connectivity index (χ3n) is 2.57. The van der Waals surface area contributed by atoms with Crippen molar-refractivity contribution in [3.63, 3.8) is 0 Å². The van der Waals surface area contributed by atoms with Gasteiger partial charge in [0.1, 0.15) is 11.5 Å². The molecule has 0 fully saturated rings. The Morgan fingerprint density at radius 1 is 0.842 bits per heavy atom. The molecular formula is C17H14O2. The Balaban J connectivity index is 1.90. The van der Waals surface area contributed by atoms with Gasteiger partial charge in [0, 0.05) is 5.56 Å². The lowest BCUT2D eigenvalue weighted by Crippen LogP contribution is -1.78. The van der Waals surface area contributed by atoms with Gasteiger partial charge < -0.3 is 10.2 Å². The van der Waals surface area contributed by atoms with E-state index in [1.165, 1.54) is 0 Å². The molecule has 2 aromatic rings. The van der Waals surface area contributed by atoms with Crippen LogP contribution in [0.2, 0.25) is 0 Å². The molecule has 2 aromatic carbocycles. The van der Waals surface area contributed by atoms with Crippen LogP contribution in [0.15, 0.2) is 60.7 Å². The summed E-state index contributed by atoms with van der Waals surface area (Å²) in [5, 5.41) is 18.3. The molecule has 0 amide bonds. The first-order valence-corrected chi connectivity index (χ1v) is 5.97. The molecule has 0 saturated carbocycles. The van der Waals surface area contributed by atoms with Crippen LogP contribution in [-0.2, 0) is 6.42 Å². The van der Waals surface area contributed by atoms with Gasteiger partial charge in [-0.2, -0.15) is 0 Å². The van der Waals surface area contributed by atoms with Gasteiger partial charge in [-0.1, -0.05) is 30.0 Å². The largest absolute Gasteiger partial charge is 0.508 e. The first kappa shape index (κ1) is 12.8. The summed E-state index contributed by atoms with van der Waals surface area (Å²) >= 11 is 0. The van der Waals surface area contributed by atoms with E-state index in [4.69, 9.17) is 10.2 Å². The molecule has 2 heteroatoms. The monoisotopic (exact) mass is 250 g/mol. The zero-order valence-corrected chi connectivity index (χ0v) is 10.4. The Kier molecular flexibility index (Phi) is 4.25. The van der Waals surface area contributed by atoms with E-state index >= 15 is 0 Å². The van der Waals surface area contributed by atoms with Gasteiger partial charge in [-0.3, -0.25) is 0 Å². The summed E-state index contributed by atoms with van der Waals surface area (Å²) in [6.45, 7) is 0. The van der Waals surface area contributed by atoms with Crippen molar-refractivity contribution in [3.05, 3.63) is 71.8 Å². The highest BCUT2D eigenvalue weighted by molar-refractivity contribution is 5.39. The van der Waals surface area contributed by atoms with Crippen LogP contribution in [0.3, 0.4) is 0 Å². The number of phenolic OH excluding ortho intramolecular Hbond substituents is 2. The second-order valence-corrected chi connectivity index (χ2v) is 4.09. The number of phenols is 2. The number of aromatic hydroxyl groups is 2. The quantitative estimate of drug-likeness (QED) is 0.803. The fourth-order valence-corrected chi connectivity index (χ4v) is 1.56. The summed E-state index contributed by atoms with van der Waals surface area (Å²) in [5.74, 6) is 6.44. The highest BCUT2D eigenvalue weighted by Gasteiger charge is 1.89. The van der Waals surface area contributed by atoms with Gasteiger partial charge >= 0.3 is 0 Å². The Hall–Kier alpha value is -2.66. The highest BCUT2D eigenvalue weighted by Crippen LogP contribution is 2.10. The van der Waals surface area contributed by atoms with Gasteiger partial charge in [0.05, 0.1) is 0 Å². The van der Waals surface area contributed by atoms with Crippen LogP contribution in [0.5, 0.6) is 11.5 Å². The van der Waals surface area contributed by atoms with Crippen molar-refractivity contribution >= 4 is 0 Å². The van der Waals surface area contributed by atoms with E-state index in [9.17, 15) is 0 Å². The van der Waals surface area contributed by atoms with Crippen molar-refractivity contribution < 1.29 is 10.2 Å². The Morgan fingerprint density at radius 3 is 2.05 bits per heavy atom. The second-order valence-electron chi connectivity index (χ2n) is 4.09. The summed E-state index contributed by atoms with van der Waals surface area (Å²) < 4.78 is 0. The van der Waals surface area contributed by atoms with Crippen molar-refractivity contribution in [1.82, 2.24) is 0 Å². The van der Waals surface area contributed by atoms with E-state index < -0.39 is 0 Å². The lowest BCUT2D eigenvalue weighted by molar-refractivity contribution is 0.474. The SMILES string of the molecule is Oc1ccc(C#CC=CCc2ccc(O)cc2)cc1. The highest BCUT2D eigenvalue weighted by atomic mass is 16.3. The van der Waals surface area contributed by atoms with Gasteiger partial charge in [-0.15, -0.1) is 0 Å². The lowest BCUT2D eigenvalue weighted by Gasteiger charge is -1.95. The standard InChI is InChI=1S/C17H14O2/c18-16-10-6-14(7-11-16)4-2-1-3-5-15-8-12-17(19)13-9-15/h1-2,6-13,18-19H,4H2. The lowest BCUT2D eigenvalue weighted by atomic mass is 10.1. The van der Waals surface area contributed by atoms with E-state index in [2.05, 4.69) is 11.8 Å². The molecule has 0 heterocycles. The summed E-state index contributed by atoms with van der Waals surface area (Å²) in [4.78, 5) is 0. The van der Waals surface area contributed by atoms with Crippen LogP contribution in [0.25, 0.3) is 0 Å². The molecule has 0 saturated heterocycles. The van der Waals surface area contributed by atoms with E-state index in [-0.39, 0.29) is 11.5 Å². The van der Waals surface area contributed by atoms with Crippen molar-refractivity contribution in [3.8, 4) is 23.3 Å². The van der Waals surface area contributed by atoms with Gasteiger partial charge in [0.25, 0.3) is 0 Å². The fraction of sp³-hybridized carbons (Fsp3) is 0.0588. The smallest absolute Gasteiger partial charge is 0.115 e. The average Bonchev–Trinajstić information content (AvgIpc) is 2.43. The fourth-order valence-electron chi connectivity index (χ4n) is 1.56.